The summed E-state index contributed by atoms with van der Waals surface area (Å²) in [5.41, 5.74) is 1.18. The predicted molar refractivity (Wildman–Crippen MR) is 83.9 cm³/mol. The first kappa shape index (κ1) is 16.3. The van der Waals surface area contributed by atoms with Gasteiger partial charge in [0, 0.05) is 63.3 Å². The van der Waals surface area contributed by atoms with Crippen LogP contribution in [0.5, 0.6) is 0 Å². The van der Waals surface area contributed by atoms with Gasteiger partial charge < -0.3 is 4.74 Å². The summed E-state index contributed by atoms with van der Waals surface area (Å²) in [6.07, 6.45) is 5.06. The summed E-state index contributed by atoms with van der Waals surface area (Å²) in [5.74, 6) is 0.748. The molecule has 21 heavy (non-hydrogen) atoms. The summed E-state index contributed by atoms with van der Waals surface area (Å²) < 4.78 is 5.04. The molecule has 118 valence electrons. The fourth-order valence-electron chi connectivity index (χ4n) is 3.05. The normalized spacial score (nSPS) is 21.1. The summed E-state index contributed by atoms with van der Waals surface area (Å²) in [7, 11) is 1.66. The first-order chi connectivity index (χ1) is 10.1. The Kier molecular flexibility index (Phi) is 6.08. The smallest absolute Gasteiger partial charge is 0.153 e. The van der Waals surface area contributed by atoms with Crippen LogP contribution in [-0.4, -0.2) is 58.6 Å². The zero-order valence-corrected chi connectivity index (χ0v) is 13.7. The number of piperazine rings is 1. The maximum absolute atomic E-state index is 5.04. The molecule has 0 spiro atoms. The van der Waals surface area contributed by atoms with Crippen LogP contribution >= 0.6 is 0 Å². The molecule has 1 aliphatic rings. The van der Waals surface area contributed by atoms with Crippen molar-refractivity contribution < 1.29 is 4.74 Å². The molecule has 0 saturated carbocycles. The molecular formula is C16H28N4O. The van der Waals surface area contributed by atoms with Gasteiger partial charge in [-0.05, 0) is 20.3 Å². The maximum Gasteiger partial charge on any atom is 0.153 e. The van der Waals surface area contributed by atoms with Gasteiger partial charge in [-0.2, -0.15) is 0 Å². The molecule has 1 aromatic heterocycles. The minimum atomic E-state index is 0.477. The Morgan fingerprint density at radius 1 is 1.29 bits per heavy atom. The number of ether oxygens (including phenoxy) is 1. The average molecular weight is 292 g/mol. The van der Waals surface area contributed by atoms with Gasteiger partial charge in [-0.1, -0.05) is 6.92 Å². The molecule has 0 bridgehead atoms. The van der Waals surface area contributed by atoms with Crippen LogP contribution < -0.4 is 0 Å². The van der Waals surface area contributed by atoms with Crippen LogP contribution in [-0.2, 0) is 17.9 Å². The number of hydrogen-bond donors (Lipinski definition) is 0. The fraction of sp³-hybridized carbons (Fsp3) is 0.750. The van der Waals surface area contributed by atoms with E-state index in [1.54, 1.807) is 7.11 Å². The van der Waals surface area contributed by atoms with Crippen LogP contribution in [0.15, 0.2) is 12.4 Å². The Hall–Kier alpha value is -1.04. The van der Waals surface area contributed by atoms with E-state index in [1.165, 1.54) is 12.0 Å². The Balaban J connectivity index is 1.91. The van der Waals surface area contributed by atoms with Crippen molar-refractivity contribution in [2.24, 2.45) is 0 Å². The van der Waals surface area contributed by atoms with Gasteiger partial charge in [-0.15, -0.1) is 0 Å². The molecule has 1 aliphatic heterocycles. The van der Waals surface area contributed by atoms with Crippen molar-refractivity contribution in [3.05, 3.63) is 23.8 Å². The summed E-state index contributed by atoms with van der Waals surface area (Å²) in [4.78, 5) is 13.8. The lowest BCUT2D eigenvalue weighted by Crippen LogP contribution is -2.54. The van der Waals surface area contributed by atoms with Crippen LogP contribution in [0.1, 0.15) is 38.6 Å². The van der Waals surface area contributed by atoms with E-state index in [1.807, 2.05) is 12.4 Å². The third kappa shape index (κ3) is 4.46. The first-order valence-electron chi connectivity index (χ1n) is 7.90. The topological polar surface area (TPSA) is 41.5 Å². The van der Waals surface area contributed by atoms with Crippen molar-refractivity contribution in [3.63, 3.8) is 0 Å². The molecule has 0 aliphatic carbocycles. The van der Waals surface area contributed by atoms with E-state index in [4.69, 9.17) is 4.74 Å². The molecule has 0 aromatic carbocycles. The summed E-state index contributed by atoms with van der Waals surface area (Å²) in [6.45, 7) is 11.7. The molecule has 1 saturated heterocycles. The highest BCUT2D eigenvalue weighted by molar-refractivity contribution is 5.05. The van der Waals surface area contributed by atoms with E-state index in [2.05, 4.69) is 40.5 Å². The molecule has 0 radical (unpaired) electrons. The van der Waals surface area contributed by atoms with Gasteiger partial charge in [-0.3, -0.25) is 9.80 Å². The average Bonchev–Trinajstić information content (AvgIpc) is 2.49. The zero-order chi connectivity index (χ0) is 15.2. The molecular weight excluding hydrogens is 264 g/mol. The predicted octanol–water partition coefficient (Wildman–Crippen LogP) is 1.93. The Morgan fingerprint density at radius 3 is 2.57 bits per heavy atom. The lowest BCUT2D eigenvalue weighted by molar-refractivity contribution is 0.0455. The number of hydrogen-bond acceptors (Lipinski definition) is 5. The van der Waals surface area contributed by atoms with Gasteiger partial charge in [0.2, 0.25) is 0 Å². The van der Waals surface area contributed by atoms with Crippen molar-refractivity contribution in [2.75, 3.05) is 26.7 Å². The van der Waals surface area contributed by atoms with Crippen LogP contribution in [0.2, 0.25) is 0 Å². The van der Waals surface area contributed by atoms with E-state index in [0.717, 1.165) is 32.0 Å². The van der Waals surface area contributed by atoms with E-state index >= 15 is 0 Å². The highest BCUT2D eigenvalue weighted by Crippen LogP contribution is 2.17. The molecule has 5 heteroatoms. The number of aromatic nitrogens is 2. The Bertz CT molecular complexity index is 421. The second-order valence-electron chi connectivity index (χ2n) is 6.07. The van der Waals surface area contributed by atoms with Crippen LogP contribution in [0.3, 0.4) is 0 Å². The number of methoxy groups -OCH3 is 1. The lowest BCUT2D eigenvalue weighted by atomic mass is 10.1. The molecule has 0 N–H and O–H groups in total. The first-order valence-corrected chi connectivity index (χ1v) is 7.90. The van der Waals surface area contributed by atoms with E-state index in [0.29, 0.717) is 18.7 Å². The number of nitrogens with zero attached hydrogens (tertiary/aromatic N) is 4. The van der Waals surface area contributed by atoms with E-state index in [-0.39, 0.29) is 0 Å². The minimum absolute atomic E-state index is 0.477. The van der Waals surface area contributed by atoms with Gasteiger partial charge in [-0.25, -0.2) is 9.97 Å². The molecule has 0 amide bonds. The highest BCUT2D eigenvalue weighted by Gasteiger charge is 2.27. The second kappa shape index (κ2) is 7.82. The van der Waals surface area contributed by atoms with Gasteiger partial charge in [0.05, 0.1) is 0 Å². The van der Waals surface area contributed by atoms with Crippen molar-refractivity contribution in [1.29, 1.82) is 0 Å². The molecule has 0 unspecified atom stereocenters. The monoisotopic (exact) mass is 292 g/mol. The molecule has 1 fully saturated rings. The van der Waals surface area contributed by atoms with Crippen molar-refractivity contribution >= 4 is 0 Å². The third-order valence-corrected chi connectivity index (χ3v) is 4.19. The summed E-state index contributed by atoms with van der Waals surface area (Å²) >= 11 is 0. The molecule has 5 nitrogen and oxygen atoms in total. The van der Waals surface area contributed by atoms with Crippen LogP contribution in [0.25, 0.3) is 0 Å². The molecule has 1 atom stereocenters. The standard InChI is InChI=1S/C16H28N4O/c1-5-15-11-19(6-7-20(15)13(2)3)10-14-8-17-16(12-21-4)18-9-14/h8-9,13,15H,5-7,10-12H2,1-4H3/t15-/m0/s1. The number of rotatable bonds is 6. The highest BCUT2D eigenvalue weighted by atomic mass is 16.5. The van der Waals surface area contributed by atoms with E-state index in [9.17, 15) is 0 Å². The maximum atomic E-state index is 5.04. The quantitative estimate of drug-likeness (QED) is 0.801. The van der Waals surface area contributed by atoms with Gasteiger partial charge in [0.25, 0.3) is 0 Å². The lowest BCUT2D eigenvalue weighted by Gasteiger charge is -2.43. The van der Waals surface area contributed by atoms with E-state index < -0.39 is 0 Å². The Morgan fingerprint density at radius 2 is 2.00 bits per heavy atom. The summed E-state index contributed by atoms with van der Waals surface area (Å²) in [5, 5.41) is 0. The third-order valence-electron chi connectivity index (χ3n) is 4.19. The van der Waals surface area contributed by atoms with Gasteiger partial charge in [0.15, 0.2) is 5.82 Å². The van der Waals surface area contributed by atoms with Crippen LogP contribution in [0, 0.1) is 0 Å². The van der Waals surface area contributed by atoms with Gasteiger partial charge in [0.1, 0.15) is 6.61 Å². The molecule has 1 aromatic rings. The zero-order valence-electron chi connectivity index (χ0n) is 13.7. The SMILES string of the molecule is CC[C@H]1CN(Cc2cnc(COC)nc2)CCN1C(C)C. The van der Waals surface area contributed by atoms with Crippen molar-refractivity contribution in [2.45, 2.75) is 52.4 Å². The molecule has 2 rings (SSSR count). The molecule has 2 heterocycles. The van der Waals surface area contributed by atoms with Crippen LogP contribution in [0.4, 0.5) is 0 Å². The Labute approximate surface area is 128 Å². The fourth-order valence-corrected chi connectivity index (χ4v) is 3.05. The largest absolute Gasteiger partial charge is 0.377 e. The van der Waals surface area contributed by atoms with Gasteiger partial charge >= 0.3 is 0 Å². The van der Waals surface area contributed by atoms with Crippen molar-refractivity contribution in [1.82, 2.24) is 19.8 Å². The summed E-state index contributed by atoms with van der Waals surface area (Å²) in [6, 6.07) is 1.29. The van der Waals surface area contributed by atoms with Crippen molar-refractivity contribution in [3.8, 4) is 0 Å². The minimum Gasteiger partial charge on any atom is -0.377 e. The second-order valence-corrected chi connectivity index (χ2v) is 6.07.